The van der Waals surface area contributed by atoms with Crippen molar-refractivity contribution >= 4 is 51.2 Å². The summed E-state index contributed by atoms with van der Waals surface area (Å²) in [7, 11) is 1.54. The van der Waals surface area contributed by atoms with Gasteiger partial charge in [0.2, 0.25) is 5.91 Å². The highest BCUT2D eigenvalue weighted by atomic mass is 79.9. The minimum absolute atomic E-state index is 0.0198. The van der Waals surface area contributed by atoms with E-state index >= 15 is 0 Å². The lowest BCUT2D eigenvalue weighted by molar-refractivity contribution is -0.115. The fourth-order valence-electron chi connectivity index (χ4n) is 1.91. The van der Waals surface area contributed by atoms with Gasteiger partial charge in [0, 0.05) is 11.6 Å². The van der Waals surface area contributed by atoms with E-state index in [-0.39, 0.29) is 5.11 Å². The minimum atomic E-state index is -0.412. The van der Waals surface area contributed by atoms with Gasteiger partial charge in [-0.3, -0.25) is 25.8 Å². The Labute approximate surface area is 164 Å². The van der Waals surface area contributed by atoms with E-state index in [2.05, 4.69) is 32.1 Å². The predicted molar refractivity (Wildman–Crippen MR) is 108 cm³/mol. The number of hydrazine groups is 1. The highest BCUT2D eigenvalue weighted by Crippen LogP contribution is 2.25. The lowest BCUT2D eigenvalue weighted by Crippen LogP contribution is -2.48. The summed E-state index contributed by atoms with van der Waals surface area (Å²) in [6, 6.07) is 14.2. The molecule has 0 unspecified atom stereocenters. The number of benzene rings is 2. The van der Waals surface area contributed by atoms with Crippen molar-refractivity contribution in [1.29, 1.82) is 0 Å². The lowest BCUT2D eigenvalue weighted by atomic mass is 10.2. The zero-order chi connectivity index (χ0) is 18.9. The van der Waals surface area contributed by atoms with Crippen LogP contribution in [-0.2, 0) is 4.79 Å². The standard InChI is InChI=1S/C18H16BrN3O3S/c1-25-15-9-8-13(11-14(15)19)17(24)21-22-18(26)20-16(23)10-7-12-5-3-2-4-6-12/h2-11H,1H3,(H,21,24)(H2,20,22,23,26)/b10-7+. The van der Waals surface area contributed by atoms with Gasteiger partial charge in [-0.2, -0.15) is 0 Å². The van der Waals surface area contributed by atoms with E-state index in [0.717, 1.165) is 5.56 Å². The summed E-state index contributed by atoms with van der Waals surface area (Å²) < 4.78 is 5.76. The van der Waals surface area contributed by atoms with Gasteiger partial charge in [-0.15, -0.1) is 0 Å². The number of thiocarbonyl (C=S) groups is 1. The van der Waals surface area contributed by atoms with Gasteiger partial charge < -0.3 is 4.74 Å². The average Bonchev–Trinajstić information content (AvgIpc) is 2.65. The molecule has 0 saturated carbocycles. The normalized spacial score (nSPS) is 10.2. The molecule has 2 aromatic carbocycles. The molecule has 0 saturated heterocycles. The zero-order valence-corrected chi connectivity index (χ0v) is 16.2. The molecule has 2 aromatic rings. The largest absolute Gasteiger partial charge is 0.496 e. The number of rotatable bonds is 4. The molecular weight excluding hydrogens is 418 g/mol. The highest BCUT2D eigenvalue weighted by Gasteiger charge is 2.09. The monoisotopic (exact) mass is 433 g/mol. The molecule has 2 rings (SSSR count). The van der Waals surface area contributed by atoms with Gasteiger partial charge in [0.25, 0.3) is 5.91 Å². The molecule has 0 aliphatic rings. The molecule has 0 bridgehead atoms. The van der Waals surface area contributed by atoms with Crippen molar-refractivity contribution in [2.45, 2.75) is 0 Å². The van der Waals surface area contributed by atoms with Crippen molar-refractivity contribution in [3.63, 3.8) is 0 Å². The number of carbonyl (C=O) groups is 2. The second kappa shape index (κ2) is 9.69. The highest BCUT2D eigenvalue weighted by molar-refractivity contribution is 9.10. The molecule has 0 aromatic heterocycles. The third-order valence-corrected chi connectivity index (χ3v) is 3.99. The first-order valence-electron chi connectivity index (χ1n) is 7.47. The van der Waals surface area contributed by atoms with E-state index in [1.54, 1.807) is 24.3 Å². The molecular formula is C18H16BrN3O3S. The molecule has 0 heterocycles. The van der Waals surface area contributed by atoms with Crippen molar-refractivity contribution in [3.05, 3.63) is 70.2 Å². The molecule has 134 valence electrons. The maximum absolute atomic E-state index is 12.1. The Kier molecular flexibility index (Phi) is 7.31. The summed E-state index contributed by atoms with van der Waals surface area (Å²) in [4.78, 5) is 23.9. The topological polar surface area (TPSA) is 79.5 Å². The Morgan fingerprint density at radius 2 is 1.85 bits per heavy atom. The van der Waals surface area contributed by atoms with E-state index in [1.165, 1.54) is 13.2 Å². The minimum Gasteiger partial charge on any atom is -0.496 e. The molecule has 2 amide bonds. The number of halogens is 1. The molecule has 6 nitrogen and oxygen atoms in total. The van der Waals surface area contributed by atoms with Gasteiger partial charge in [0.15, 0.2) is 5.11 Å². The van der Waals surface area contributed by atoms with Crippen LogP contribution >= 0.6 is 28.1 Å². The Balaban J connectivity index is 1.82. The quantitative estimate of drug-likeness (QED) is 0.392. The van der Waals surface area contributed by atoms with Crippen molar-refractivity contribution in [3.8, 4) is 5.75 Å². The number of methoxy groups -OCH3 is 1. The van der Waals surface area contributed by atoms with Crippen LogP contribution in [0, 0.1) is 0 Å². The Hall–Kier alpha value is -2.71. The molecule has 0 aliphatic carbocycles. The van der Waals surface area contributed by atoms with Crippen LogP contribution in [-0.4, -0.2) is 24.0 Å². The first-order valence-corrected chi connectivity index (χ1v) is 8.67. The summed E-state index contributed by atoms with van der Waals surface area (Å²) in [6.45, 7) is 0. The average molecular weight is 434 g/mol. The maximum atomic E-state index is 12.1. The van der Waals surface area contributed by atoms with E-state index in [1.807, 2.05) is 30.3 Å². The van der Waals surface area contributed by atoms with Crippen molar-refractivity contribution in [2.75, 3.05) is 7.11 Å². The summed E-state index contributed by atoms with van der Waals surface area (Å²) in [5, 5.41) is 2.42. The number of nitrogens with one attached hydrogen (secondary N) is 3. The molecule has 0 radical (unpaired) electrons. The second-order valence-corrected chi connectivity index (χ2v) is 6.25. The van der Waals surface area contributed by atoms with E-state index in [9.17, 15) is 9.59 Å². The number of hydrogen-bond donors (Lipinski definition) is 3. The van der Waals surface area contributed by atoms with Gasteiger partial charge in [-0.1, -0.05) is 30.3 Å². The summed E-state index contributed by atoms with van der Waals surface area (Å²) >= 11 is 8.28. The Morgan fingerprint density at radius 1 is 1.12 bits per heavy atom. The summed E-state index contributed by atoms with van der Waals surface area (Å²) in [5.74, 6) is -0.208. The van der Waals surface area contributed by atoms with E-state index < -0.39 is 11.8 Å². The fraction of sp³-hybridized carbons (Fsp3) is 0.0556. The Bertz CT molecular complexity index is 841. The van der Waals surface area contributed by atoms with E-state index in [4.69, 9.17) is 17.0 Å². The van der Waals surface area contributed by atoms with E-state index in [0.29, 0.717) is 15.8 Å². The molecule has 0 spiro atoms. The molecule has 26 heavy (non-hydrogen) atoms. The number of ether oxygens (including phenoxy) is 1. The summed E-state index contributed by atoms with van der Waals surface area (Å²) in [6.07, 6.45) is 3.01. The van der Waals surface area contributed by atoms with Crippen LogP contribution in [0.2, 0.25) is 0 Å². The van der Waals surface area contributed by atoms with Crippen LogP contribution in [0.5, 0.6) is 5.75 Å². The number of amides is 2. The molecule has 0 fully saturated rings. The number of carbonyl (C=O) groups excluding carboxylic acids is 2. The van der Waals surface area contributed by atoms with Crippen molar-refractivity contribution in [1.82, 2.24) is 16.2 Å². The van der Waals surface area contributed by atoms with Crippen LogP contribution in [0.3, 0.4) is 0 Å². The van der Waals surface area contributed by atoms with Crippen molar-refractivity contribution < 1.29 is 14.3 Å². The van der Waals surface area contributed by atoms with Gasteiger partial charge in [0.1, 0.15) is 5.75 Å². The second-order valence-electron chi connectivity index (χ2n) is 4.99. The van der Waals surface area contributed by atoms with Gasteiger partial charge in [-0.25, -0.2) is 0 Å². The Morgan fingerprint density at radius 3 is 2.50 bits per heavy atom. The first kappa shape index (κ1) is 19.6. The molecule has 8 heteroatoms. The summed E-state index contributed by atoms with van der Waals surface area (Å²) in [5.41, 5.74) is 6.17. The van der Waals surface area contributed by atoms with Crippen LogP contribution in [0.15, 0.2) is 59.1 Å². The van der Waals surface area contributed by atoms with Gasteiger partial charge >= 0.3 is 0 Å². The van der Waals surface area contributed by atoms with Crippen LogP contribution in [0.1, 0.15) is 15.9 Å². The van der Waals surface area contributed by atoms with Crippen molar-refractivity contribution in [2.24, 2.45) is 0 Å². The SMILES string of the molecule is COc1ccc(C(=O)NNC(=S)NC(=O)/C=C/c2ccccc2)cc1Br. The first-order chi connectivity index (χ1) is 12.5. The van der Waals surface area contributed by atoms with Crippen LogP contribution in [0.25, 0.3) is 6.08 Å². The molecule has 0 atom stereocenters. The lowest BCUT2D eigenvalue weighted by Gasteiger charge is -2.10. The maximum Gasteiger partial charge on any atom is 0.269 e. The van der Waals surface area contributed by atoms with Gasteiger partial charge in [0.05, 0.1) is 11.6 Å². The third-order valence-electron chi connectivity index (χ3n) is 3.17. The third kappa shape index (κ3) is 5.98. The van der Waals surface area contributed by atoms with Crippen LogP contribution in [0.4, 0.5) is 0 Å². The molecule has 0 aliphatic heterocycles. The fourth-order valence-corrected chi connectivity index (χ4v) is 2.61. The van der Waals surface area contributed by atoms with Crippen LogP contribution < -0.4 is 20.9 Å². The number of hydrogen-bond acceptors (Lipinski definition) is 4. The zero-order valence-electron chi connectivity index (χ0n) is 13.8. The smallest absolute Gasteiger partial charge is 0.269 e. The predicted octanol–water partition coefficient (Wildman–Crippen LogP) is 2.81. The van der Waals surface area contributed by atoms with Gasteiger partial charge in [-0.05, 0) is 58.0 Å². The molecule has 3 N–H and O–H groups in total.